The average Bonchev–Trinajstić information content (AvgIpc) is 2.85. The zero-order valence-corrected chi connectivity index (χ0v) is 12.9. The summed E-state index contributed by atoms with van der Waals surface area (Å²) in [5.41, 5.74) is 12.1. The van der Waals surface area contributed by atoms with Crippen LogP contribution in [0.1, 0.15) is 39.6 Å². The third kappa shape index (κ3) is 2.55. The van der Waals surface area contributed by atoms with Gasteiger partial charge in [-0.05, 0) is 13.5 Å². The predicted octanol–water partition coefficient (Wildman–Crippen LogP) is 0.0915. The van der Waals surface area contributed by atoms with Gasteiger partial charge in [0.15, 0.2) is 5.01 Å². The van der Waals surface area contributed by atoms with E-state index in [4.69, 9.17) is 11.5 Å². The third-order valence-electron chi connectivity index (χ3n) is 4.47. The summed E-state index contributed by atoms with van der Waals surface area (Å²) in [6, 6.07) is -0.616. The van der Waals surface area contributed by atoms with Gasteiger partial charge < -0.3 is 16.4 Å². The molecular formula is C14H20N4O2S. The second kappa shape index (κ2) is 5.24. The summed E-state index contributed by atoms with van der Waals surface area (Å²) in [6.07, 6.45) is 1.67. The van der Waals surface area contributed by atoms with Crippen LogP contribution >= 0.6 is 11.3 Å². The number of ketones is 2. The fraction of sp³-hybridized carbons (Fsp3) is 0.643. The van der Waals surface area contributed by atoms with Gasteiger partial charge in [0, 0.05) is 43.3 Å². The van der Waals surface area contributed by atoms with Crippen molar-refractivity contribution in [2.24, 2.45) is 11.5 Å². The zero-order chi connectivity index (χ0) is 15.2. The monoisotopic (exact) mass is 308 g/mol. The van der Waals surface area contributed by atoms with Crippen molar-refractivity contribution in [3.8, 4) is 0 Å². The van der Waals surface area contributed by atoms with Gasteiger partial charge >= 0.3 is 0 Å². The normalized spacial score (nSPS) is 30.2. The highest BCUT2D eigenvalue weighted by atomic mass is 32.1. The first-order chi connectivity index (χ1) is 9.90. The molecule has 3 rings (SSSR count). The molecule has 21 heavy (non-hydrogen) atoms. The number of carbonyl (C=O) groups is 2. The van der Waals surface area contributed by atoms with Crippen LogP contribution in [0.3, 0.4) is 0 Å². The molecule has 1 aromatic heterocycles. The van der Waals surface area contributed by atoms with E-state index in [2.05, 4.69) is 16.9 Å². The van der Waals surface area contributed by atoms with Gasteiger partial charge in [-0.1, -0.05) is 0 Å². The van der Waals surface area contributed by atoms with E-state index in [1.165, 1.54) is 11.3 Å². The number of fused-ring (bicyclic) bond motifs is 1. The lowest BCUT2D eigenvalue weighted by Crippen LogP contribution is -2.63. The summed E-state index contributed by atoms with van der Waals surface area (Å²) in [5, 5.41) is 0.447. The maximum absolute atomic E-state index is 12.8. The van der Waals surface area contributed by atoms with Crippen molar-refractivity contribution in [1.29, 1.82) is 0 Å². The number of nitrogens with two attached hydrogens (primary N) is 2. The lowest BCUT2D eigenvalue weighted by Gasteiger charge is -2.36. The first kappa shape index (κ1) is 14.8. The molecule has 2 aliphatic rings. The fourth-order valence-corrected chi connectivity index (χ4v) is 4.18. The fourth-order valence-electron chi connectivity index (χ4n) is 2.96. The molecule has 0 radical (unpaired) electrons. The smallest absolute Gasteiger partial charge is 0.212 e. The zero-order valence-electron chi connectivity index (χ0n) is 12.1. The maximum Gasteiger partial charge on any atom is 0.212 e. The number of carbonyl (C=O) groups excluding carboxylic acids is 2. The molecule has 2 unspecified atom stereocenters. The van der Waals surface area contributed by atoms with Gasteiger partial charge in [-0.3, -0.25) is 9.59 Å². The molecule has 114 valence electrons. The molecule has 2 heterocycles. The number of aromatic nitrogens is 1. The summed E-state index contributed by atoms with van der Waals surface area (Å²) in [4.78, 5) is 32.0. The molecule has 1 aliphatic heterocycles. The van der Waals surface area contributed by atoms with Crippen molar-refractivity contribution >= 4 is 22.9 Å². The molecule has 2 atom stereocenters. The second-order valence-corrected chi connectivity index (χ2v) is 7.18. The minimum atomic E-state index is -1.15. The van der Waals surface area contributed by atoms with E-state index < -0.39 is 11.6 Å². The van der Waals surface area contributed by atoms with Crippen LogP contribution in [0.25, 0.3) is 0 Å². The van der Waals surface area contributed by atoms with Crippen LogP contribution in [0.5, 0.6) is 0 Å². The van der Waals surface area contributed by atoms with E-state index in [1.807, 2.05) is 0 Å². The highest BCUT2D eigenvalue weighted by molar-refractivity contribution is 7.13. The molecule has 1 aliphatic carbocycles. The van der Waals surface area contributed by atoms with Crippen molar-refractivity contribution in [2.75, 3.05) is 13.6 Å². The third-order valence-corrected chi connectivity index (χ3v) is 5.55. The number of hydrogen-bond donors (Lipinski definition) is 2. The van der Waals surface area contributed by atoms with E-state index >= 15 is 0 Å². The highest BCUT2D eigenvalue weighted by Crippen LogP contribution is 2.31. The molecule has 4 N–H and O–H groups in total. The SMILES string of the molecule is CN1CCc2nc(C(=O)C3(N)CCC(=O)CC3N)sc2C1. The van der Waals surface area contributed by atoms with Crippen LogP contribution in [-0.2, 0) is 17.8 Å². The summed E-state index contributed by atoms with van der Waals surface area (Å²) < 4.78 is 0. The molecule has 0 aromatic carbocycles. The van der Waals surface area contributed by atoms with Gasteiger partial charge in [0.25, 0.3) is 0 Å². The predicted molar refractivity (Wildman–Crippen MR) is 80.2 cm³/mol. The minimum Gasteiger partial charge on any atom is -0.325 e. The van der Waals surface area contributed by atoms with Gasteiger partial charge in [-0.15, -0.1) is 11.3 Å². The second-order valence-electron chi connectivity index (χ2n) is 6.10. The largest absolute Gasteiger partial charge is 0.325 e. The van der Waals surface area contributed by atoms with Gasteiger partial charge in [0.05, 0.1) is 11.2 Å². The standard InChI is InChI=1S/C14H20N4O2S/c1-18-5-3-9-10(7-18)21-13(17-9)12(20)14(16)4-2-8(19)6-11(14)15/h11H,2-7,15-16H2,1H3. The Hall–Kier alpha value is -1.15. The Morgan fingerprint density at radius 1 is 1.48 bits per heavy atom. The van der Waals surface area contributed by atoms with Crippen LogP contribution < -0.4 is 11.5 Å². The molecule has 0 spiro atoms. The van der Waals surface area contributed by atoms with Gasteiger partial charge in [-0.2, -0.15) is 0 Å². The van der Waals surface area contributed by atoms with E-state index in [9.17, 15) is 9.59 Å². The molecule has 1 saturated carbocycles. The van der Waals surface area contributed by atoms with E-state index in [0.717, 1.165) is 30.1 Å². The summed E-state index contributed by atoms with van der Waals surface area (Å²) in [6.45, 7) is 1.77. The minimum absolute atomic E-state index is 0.0800. The topological polar surface area (TPSA) is 102 Å². The molecule has 0 amide bonds. The lowest BCUT2D eigenvalue weighted by molar-refractivity contribution is -0.121. The quantitative estimate of drug-likeness (QED) is 0.751. The molecular weight excluding hydrogens is 288 g/mol. The average molecular weight is 308 g/mol. The van der Waals surface area contributed by atoms with Crippen LogP contribution in [0, 0.1) is 0 Å². The van der Waals surface area contributed by atoms with Gasteiger partial charge in [0.1, 0.15) is 5.78 Å². The Bertz CT molecular complexity index is 600. The molecule has 0 saturated heterocycles. The maximum atomic E-state index is 12.8. The number of rotatable bonds is 2. The number of nitrogens with zero attached hydrogens (tertiary/aromatic N) is 2. The van der Waals surface area contributed by atoms with Crippen LogP contribution in [-0.4, -0.2) is 46.6 Å². The van der Waals surface area contributed by atoms with Crippen molar-refractivity contribution < 1.29 is 9.59 Å². The van der Waals surface area contributed by atoms with E-state index in [-0.39, 0.29) is 18.0 Å². The molecule has 1 aromatic rings. The Morgan fingerprint density at radius 2 is 2.24 bits per heavy atom. The summed E-state index contributed by atoms with van der Waals surface area (Å²) >= 11 is 1.42. The Labute approximate surface area is 127 Å². The molecule has 6 nitrogen and oxygen atoms in total. The first-order valence-electron chi connectivity index (χ1n) is 7.18. The lowest BCUT2D eigenvalue weighted by atomic mass is 9.75. The van der Waals surface area contributed by atoms with E-state index in [0.29, 0.717) is 17.8 Å². The van der Waals surface area contributed by atoms with Crippen LogP contribution in [0.15, 0.2) is 0 Å². The van der Waals surface area contributed by atoms with Crippen molar-refractivity contribution in [1.82, 2.24) is 9.88 Å². The van der Waals surface area contributed by atoms with Crippen LogP contribution in [0.4, 0.5) is 0 Å². The summed E-state index contributed by atoms with van der Waals surface area (Å²) in [5.74, 6) is -0.124. The Morgan fingerprint density at radius 3 is 2.95 bits per heavy atom. The first-order valence-corrected chi connectivity index (χ1v) is 8.00. The number of thiazole rings is 1. The highest BCUT2D eigenvalue weighted by Gasteiger charge is 2.45. The summed E-state index contributed by atoms with van der Waals surface area (Å²) in [7, 11) is 2.05. The van der Waals surface area contributed by atoms with Gasteiger partial charge in [0.2, 0.25) is 5.78 Å². The van der Waals surface area contributed by atoms with Crippen molar-refractivity contribution in [3.63, 3.8) is 0 Å². The van der Waals surface area contributed by atoms with Crippen molar-refractivity contribution in [2.45, 2.75) is 43.8 Å². The molecule has 7 heteroatoms. The van der Waals surface area contributed by atoms with Gasteiger partial charge in [-0.25, -0.2) is 4.98 Å². The van der Waals surface area contributed by atoms with Crippen LogP contribution in [0.2, 0.25) is 0 Å². The van der Waals surface area contributed by atoms with Crippen molar-refractivity contribution in [3.05, 3.63) is 15.6 Å². The molecule has 0 bridgehead atoms. The Kier molecular flexibility index (Phi) is 3.69. The van der Waals surface area contributed by atoms with E-state index in [1.54, 1.807) is 0 Å². The number of hydrogen-bond acceptors (Lipinski definition) is 7. The molecule has 1 fully saturated rings. The Balaban J connectivity index is 1.87. The number of Topliss-reactive ketones (excluding diaryl/α,β-unsaturated/α-hetero) is 2. The number of likely N-dealkylation sites (N-methyl/N-ethyl adjacent to an activating group) is 1.